The molecule has 17 heavy (non-hydrogen) atoms. The monoisotopic (exact) mass is 263 g/mol. The molecule has 2 saturated heterocycles. The molecule has 2 atom stereocenters. The van der Waals surface area contributed by atoms with E-state index in [4.69, 9.17) is 0 Å². The van der Waals surface area contributed by atoms with Crippen molar-refractivity contribution in [3.63, 3.8) is 0 Å². The molecule has 100 valence electrons. The van der Waals surface area contributed by atoms with Gasteiger partial charge in [-0.2, -0.15) is 17.0 Å². The smallest absolute Gasteiger partial charge is 0.282 e. The van der Waals surface area contributed by atoms with Crippen LogP contribution in [0.2, 0.25) is 0 Å². The van der Waals surface area contributed by atoms with Gasteiger partial charge in [-0.25, -0.2) is 0 Å². The number of aliphatic hydroxyl groups is 1. The van der Waals surface area contributed by atoms with Gasteiger partial charge in [-0.15, -0.1) is 0 Å². The van der Waals surface area contributed by atoms with Crippen molar-refractivity contribution in [3.8, 4) is 0 Å². The Kier molecular flexibility index (Phi) is 4.04. The first kappa shape index (κ1) is 13.2. The van der Waals surface area contributed by atoms with Gasteiger partial charge in [-0.1, -0.05) is 6.92 Å². The van der Waals surface area contributed by atoms with Crippen molar-refractivity contribution in [2.75, 3.05) is 39.3 Å². The van der Waals surface area contributed by atoms with E-state index in [1.807, 2.05) is 6.92 Å². The second kappa shape index (κ2) is 5.19. The Labute approximate surface area is 103 Å². The number of nitrogens with one attached hydrogen (secondary N) is 1. The van der Waals surface area contributed by atoms with Gasteiger partial charge in [0, 0.05) is 39.3 Å². The van der Waals surface area contributed by atoms with E-state index in [9.17, 15) is 13.5 Å². The van der Waals surface area contributed by atoms with Gasteiger partial charge >= 0.3 is 0 Å². The predicted octanol–water partition coefficient (Wildman–Crippen LogP) is -1.16. The average molecular weight is 263 g/mol. The van der Waals surface area contributed by atoms with Crippen LogP contribution in [0.3, 0.4) is 0 Å². The highest BCUT2D eigenvalue weighted by molar-refractivity contribution is 7.86. The summed E-state index contributed by atoms with van der Waals surface area (Å²) in [7, 11) is -3.33. The highest BCUT2D eigenvalue weighted by Crippen LogP contribution is 2.21. The fourth-order valence-electron chi connectivity index (χ4n) is 2.34. The van der Waals surface area contributed by atoms with Gasteiger partial charge < -0.3 is 10.4 Å². The van der Waals surface area contributed by atoms with E-state index >= 15 is 0 Å². The molecule has 0 bridgehead atoms. The fraction of sp³-hybridized carbons (Fsp3) is 1.00. The van der Waals surface area contributed by atoms with E-state index in [2.05, 4.69) is 5.32 Å². The maximum absolute atomic E-state index is 12.3. The lowest BCUT2D eigenvalue weighted by molar-refractivity contribution is 0.0606. The maximum atomic E-state index is 12.3. The van der Waals surface area contributed by atoms with Gasteiger partial charge in [0.15, 0.2) is 0 Å². The third kappa shape index (κ3) is 2.79. The van der Waals surface area contributed by atoms with Gasteiger partial charge in [-0.05, 0) is 12.3 Å². The number of hydrogen-bond acceptors (Lipinski definition) is 4. The molecule has 2 aliphatic rings. The minimum atomic E-state index is -3.33. The molecule has 0 aromatic rings. The average Bonchev–Trinajstić information content (AvgIpc) is 2.33. The van der Waals surface area contributed by atoms with E-state index in [1.54, 1.807) is 0 Å². The Morgan fingerprint density at radius 3 is 2.41 bits per heavy atom. The normalized spacial score (nSPS) is 33.8. The van der Waals surface area contributed by atoms with Crippen molar-refractivity contribution < 1.29 is 13.5 Å². The molecular weight excluding hydrogens is 242 g/mol. The minimum Gasteiger partial charge on any atom is -0.393 e. The van der Waals surface area contributed by atoms with Crippen LogP contribution in [0, 0.1) is 5.92 Å². The molecule has 2 N–H and O–H groups in total. The summed E-state index contributed by atoms with van der Waals surface area (Å²) in [6.07, 6.45) is 0.163. The number of hydrogen-bond donors (Lipinski definition) is 2. The van der Waals surface area contributed by atoms with Crippen LogP contribution in [0.4, 0.5) is 0 Å². The predicted molar refractivity (Wildman–Crippen MR) is 64.7 cm³/mol. The van der Waals surface area contributed by atoms with Gasteiger partial charge in [0.1, 0.15) is 0 Å². The standard InChI is InChI=1S/C10H21N3O3S/c1-9-8-13(5-2-10(9)14)17(15,16)12-6-3-11-4-7-12/h9-11,14H,2-8H2,1H3. The molecule has 0 saturated carbocycles. The molecule has 0 aromatic heterocycles. The second-order valence-electron chi connectivity index (χ2n) is 4.85. The topological polar surface area (TPSA) is 72.9 Å². The highest BCUT2D eigenvalue weighted by Gasteiger charge is 2.35. The molecular formula is C10H21N3O3S. The largest absolute Gasteiger partial charge is 0.393 e. The summed E-state index contributed by atoms with van der Waals surface area (Å²) in [5.41, 5.74) is 0. The lowest BCUT2D eigenvalue weighted by Gasteiger charge is -2.37. The summed E-state index contributed by atoms with van der Waals surface area (Å²) < 4.78 is 27.7. The molecule has 0 radical (unpaired) electrons. The Morgan fingerprint density at radius 2 is 1.82 bits per heavy atom. The SMILES string of the molecule is CC1CN(S(=O)(=O)N2CCNCC2)CCC1O. The van der Waals surface area contributed by atoms with Crippen molar-refractivity contribution in [1.29, 1.82) is 0 Å². The quantitative estimate of drug-likeness (QED) is 0.659. The van der Waals surface area contributed by atoms with Crippen LogP contribution in [0.5, 0.6) is 0 Å². The molecule has 2 heterocycles. The lowest BCUT2D eigenvalue weighted by atomic mass is 9.99. The molecule has 0 aromatic carbocycles. The number of rotatable bonds is 2. The Bertz CT molecular complexity index is 354. The van der Waals surface area contributed by atoms with Crippen LogP contribution in [0.1, 0.15) is 13.3 Å². The number of aliphatic hydroxyl groups excluding tert-OH is 1. The van der Waals surface area contributed by atoms with Crippen LogP contribution >= 0.6 is 0 Å². The van der Waals surface area contributed by atoms with Crippen LogP contribution in [-0.4, -0.2) is 67.5 Å². The third-order valence-corrected chi connectivity index (χ3v) is 5.55. The Balaban J connectivity index is 2.04. The number of piperidine rings is 1. The summed E-state index contributed by atoms with van der Waals surface area (Å²) in [4.78, 5) is 0. The first-order chi connectivity index (χ1) is 8.01. The summed E-state index contributed by atoms with van der Waals surface area (Å²) in [6, 6.07) is 0. The molecule has 6 nitrogen and oxygen atoms in total. The molecule has 2 aliphatic heterocycles. The van der Waals surface area contributed by atoms with Crippen LogP contribution in [0.15, 0.2) is 0 Å². The molecule has 0 spiro atoms. The second-order valence-corrected chi connectivity index (χ2v) is 6.78. The zero-order valence-corrected chi connectivity index (χ0v) is 11.0. The number of piperazine rings is 1. The Hall–Kier alpha value is -0.210. The minimum absolute atomic E-state index is 0.0152. The van der Waals surface area contributed by atoms with E-state index < -0.39 is 10.2 Å². The summed E-state index contributed by atoms with van der Waals surface area (Å²) >= 11 is 0. The Morgan fingerprint density at radius 1 is 1.18 bits per heavy atom. The van der Waals surface area contributed by atoms with E-state index in [0.29, 0.717) is 45.7 Å². The van der Waals surface area contributed by atoms with Gasteiger partial charge in [0.2, 0.25) is 0 Å². The summed E-state index contributed by atoms with van der Waals surface area (Å²) in [6.45, 7) is 5.25. The molecule has 2 fully saturated rings. The first-order valence-electron chi connectivity index (χ1n) is 6.16. The van der Waals surface area contributed by atoms with Gasteiger partial charge in [-0.3, -0.25) is 0 Å². The number of nitrogens with zero attached hydrogens (tertiary/aromatic N) is 2. The molecule has 2 unspecified atom stereocenters. The fourth-order valence-corrected chi connectivity index (χ4v) is 4.07. The van der Waals surface area contributed by atoms with Crippen LogP contribution in [-0.2, 0) is 10.2 Å². The van der Waals surface area contributed by atoms with Crippen molar-refractivity contribution >= 4 is 10.2 Å². The maximum Gasteiger partial charge on any atom is 0.282 e. The summed E-state index contributed by atoms with van der Waals surface area (Å²) in [5.74, 6) is 0.0152. The molecule has 0 amide bonds. The first-order valence-corrected chi connectivity index (χ1v) is 7.55. The van der Waals surface area contributed by atoms with Crippen LogP contribution in [0.25, 0.3) is 0 Å². The van der Waals surface area contributed by atoms with Crippen molar-refractivity contribution in [2.24, 2.45) is 5.92 Å². The molecule has 7 heteroatoms. The van der Waals surface area contributed by atoms with Crippen molar-refractivity contribution in [3.05, 3.63) is 0 Å². The zero-order valence-electron chi connectivity index (χ0n) is 10.2. The lowest BCUT2D eigenvalue weighted by Crippen LogP contribution is -2.55. The van der Waals surface area contributed by atoms with Crippen molar-refractivity contribution in [2.45, 2.75) is 19.4 Å². The van der Waals surface area contributed by atoms with Gasteiger partial charge in [0.25, 0.3) is 10.2 Å². The highest BCUT2D eigenvalue weighted by atomic mass is 32.2. The molecule has 2 rings (SSSR count). The molecule has 0 aliphatic carbocycles. The zero-order chi connectivity index (χ0) is 12.5. The summed E-state index contributed by atoms with van der Waals surface area (Å²) in [5, 5.41) is 12.8. The van der Waals surface area contributed by atoms with Crippen LogP contribution < -0.4 is 5.32 Å². The van der Waals surface area contributed by atoms with E-state index in [0.717, 1.165) is 0 Å². The van der Waals surface area contributed by atoms with E-state index in [-0.39, 0.29) is 12.0 Å². The van der Waals surface area contributed by atoms with Crippen molar-refractivity contribution in [1.82, 2.24) is 13.9 Å². The van der Waals surface area contributed by atoms with Gasteiger partial charge in [0.05, 0.1) is 6.10 Å². The third-order valence-electron chi connectivity index (χ3n) is 3.55. The van der Waals surface area contributed by atoms with E-state index in [1.165, 1.54) is 8.61 Å².